The molecule has 0 aromatic heterocycles. The number of carbonyl (C=O) groups is 3. The number of unbranched alkanes of at least 4 members (excludes halogenated alkanes) is 1. The van der Waals surface area contributed by atoms with Crippen LogP contribution in [0.3, 0.4) is 0 Å². The van der Waals surface area contributed by atoms with Crippen LogP contribution in [0, 0.1) is 11.8 Å². The van der Waals surface area contributed by atoms with Gasteiger partial charge in [-0.3, -0.25) is 14.4 Å². The van der Waals surface area contributed by atoms with Gasteiger partial charge in [-0.1, -0.05) is 29.3 Å². The normalized spacial score (nSPS) is 37.1. The first-order valence-electron chi connectivity index (χ1n) is 10.0. The number of halogens is 1. The summed E-state index contributed by atoms with van der Waals surface area (Å²) in [6.45, 7) is 6.11. The Hall–Kier alpha value is -0.800. The number of nitrogens with zero attached hydrogens (tertiary/aromatic N) is 1. The maximum atomic E-state index is 13.4. The molecule has 3 fully saturated rings. The van der Waals surface area contributed by atoms with E-state index in [2.05, 4.69) is 21.2 Å². The van der Waals surface area contributed by atoms with Gasteiger partial charge in [0.25, 0.3) is 0 Å². The van der Waals surface area contributed by atoms with Crippen LogP contribution in [0.4, 0.5) is 0 Å². The van der Waals surface area contributed by atoms with Gasteiger partial charge in [0.05, 0.1) is 35.8 Å². The van der Waals surface area contributed by atoms with Crippen LogP contribution in [0.25, 0.3) is 0 Å². The molecule has 158 valence electrons. The monoisotopic (exact) mass is 476 g/mol. The second-order valence-corrected chi connectivity index (χ2v) is 10.6. The van der Waals surface area contributed by atoms with Crippen molar-refractivity contribution < 1.29 is 24.2 Å². The minimum atomic E-state index is -0.696. The molecule has 7 atom stereocenters. The van der Waals surface area contributed by atoms with E-state index in [0.717, 1.165) is 12.8 Å². The average molecular weight is 477 g/mol. The molecule has 3 saturated heterocycles. The molecule has 2 amide bonds. The van der Waals surface area contributed by atoms with E-state index in [9.17, 15) is 19.5 Å². The summed E-state index contributed by atoms with van der Waals surface area (Å²) in [6, 6.07) is -1.19. The number of hydrogen-bond acceptors (Lipinski definition) is 6. The standard InChI is InChI=1S/C19H29BrN2O5S/c1-4-6-7-21-16(24)15-19-8-11(20)14(28-19)12(18(26)27-5-2)13(19)17(25)22(15)10(3)9-23/h10-15,23H,4-9H2,1-3H3,(H,21,24)/t10-,11?,12-,13+,14-,15?,19?/m1/s1. The Morgan fingerprint density at radius 1 is 1.46 bits per heavy atom. The predicted molar refractivity (Wildman–Crippen MR) is 110 cm³/mol. The number of nitrogens with one attached hydrogen (secondary N) is 1. The molecule has 3 heterocycles. The highest BCUT2D eigenvalue weighted by molar-refractivity contribution is 9.09. The number of carbonyl (C=O) groups excluding carboxylic acids is 3. The van der Waals surface area contributed by atoms with Crippen LogP contribution in [-0.4, -0.2) is 74.5 Å². The lowest BCUT2D eigenvalue weighted by Crippen LogP contribution is -2.56. The number of ether oxygens (including phenoxy) is 1. The summed E-state index contributed by atoms with van der Waals surface area (Å²) < 4.78 is 4.61. The molecule has 0 aliphatic carbocycles. The minimum absolute atomic E-state index is 0.0336. The molecule has 3 unspecified atom stereocenters. The van der Waals surface area contributed by atoms with Gasteiger partial charge in [0.1, 0.15) is 6.04 Å². The maximum Gasteiger partial charge on any atom is 0.310 e. The lowest BCUT2D eigenvalue weighted by Gasteiger charge is -2.36. The van der Waals surface area contributed by atoms with Crippen LogP contribution in [0.2, 0.25) is 0 Å². The Bertz CT molecular complexity index is 650. The van der Waals surface area contributed by atoms with Gasteiger partial charge in [-0.05, 0) is 26.7 Å². The summed E-state index contributed by atoms with van der Waals surface area (Å²) >= 11 is 5.26. The molecule has 0 aromatic carbocycles. The summed E-state index contributed by atoms with van der Waals surface area (Å²) in [4.78, 5) is 40.9. The van der Waals surface area contributed by atoms with Crippen molar-refractivity contribution in [3.05, 3.63) is 0 Å². The summed E-state index contributed by atoms with van der Waals surface area (Å²) in [5.74, 6) is -1.94. The first-order chi connectivity index (χ1) is 13.3. The van der Waals surface area contributed by atoms with Crippen LogP contribution in [0.5, 0.6) is 0 Å². The van der Waals surface area contributed by atoms with Crippen molar-refractivity contribution in [1.29, 1.82) is 0 Å². The third kappa shape index (κ3) is 3.27. The van der Waals surface area contributed by atoms with Crippen molar-refractivity contribution in [2.75, 3.05) is 19.8 Å². The van der Waals surface area contributed by atoms with Gasteiger partial charge in [-0.15, -0.1) is 11.8 Å². The highest BCUT2D eigenvalue weighted by atomic mass is 79.9. The van der Waals surface area contributed by atoms with Crippen LogP contribution in [-0.2, 0) is 19.1 Å². The van der Waals surface area contributed by atoms with Crippen molar-refractivity contribution in [1.82, 2.24) is 10.2 Å². The molecule has 0 saturated carbocycles. The fourth-order valence-corrected chi connectivity index (χ4v) is 8.51. The van der Waals surface area contributed by atoms with E-state index in [1.807, 2.05) is 6.92 Å². The van der Waals surface area contributed by atoms with E-state index in [1.54, 1.807) is 25.6 Å². The fourth-order valence-electron chi connectivity index (χ4n) is 4.92. The molecule has 2 N–H and O–H groups in total. The number of amides is 2. The number of aliphatic hydroxyl groups excluding tert-OH is 1. The number of fused-ring (bicyclic) bond motifs is 1. The SMILES string of the molecule is CCCCNC(=O)C1N([C@H](C)CO)C(=O)[C@@H]2[C@@H](C(=O)OCC)[C@@H]3SC12CC3Br. The number of likely N-dealkylation sites (tertiary alicyclic amines) is 1. The maximum absolute atomic E-state index is 13.4. The minimum Gasteiger partial charge on any atom is -0.466 e. The van der Waals surface area contributed by atoms with Gasteiger partial charge in [0.2, 0.25) is 11.8 Å². The van der Waals surface area contributed by atoms with Gasteiger partial charge in [0, 0.05) is 16.6 Å². The van der Waals surface area contributed by atoms with Crippen molar-refractivity contribution in [3.63, 3.8) is 0 Å². The van der Waals surface area contributed by atoms with Crippen molar-refractivity contribution in [3.8, 4) is 0 Å². The first kappa shape index (κ1) is 21.9. The number of rotatable bonds is 8. The molecule has 0 radical (unpaired) electrons. The highest BCUT2D eigenvalue weighted by Crippen LogP contribution is 2.68. The molecular formula is C19H29BrN2O5S. The molecule has 28 heavy (non-hydrogen) atoms. The number of thioether (sulfide) groups is 1. The molecule has 3 aliphatic heterocycles. The van der Waals surface area contributed by atoms with E-state index >= 15 is 0 Å². The molecule has 9 heteroatoms. The quantitative estimate of drug-likeness (QED) is 0.311. The second-order valence-electron chi connectivity index (χ2n) is 7.84. The van der Waals surface area contributed by atoms with Crippen molar-refractivity contribution in [2.45, 2.75) is 66.9 Å². The first-order valence-corrected chi connectivity index (χ1v) is 11.8. The smallest absolute Gasteiger partial charge is 0.310 e. The zero-order valence-corrected chi connectivity index (χ0v) is 18.9. The van der Waals surface area contributed by atoms with Gasteiger partial charge in [-0.25, -0.2) is 0 Å². The Morgan fingerprint density at radius 2 is 2.18 bits per heavy atom. The molecule has 3 rings (SSSR count). The number of esters is 1. The van der Waals surface area contributed by atoms with E-state index in [4.69, 9.17) is 4.74 Å². The molecule has 1 spiro atoms. The molecule has 3 aliphatic rings. The lowest BCUT2D eigenvalue weighted by molar-refractivity contribution is -0.154. The van der Waals surface area contributed by atoms with Gasteiger partial charge < -0.3 is 20.1 Å². The Balaban J connectivity index is 1.99. The zero-order valence-electron chi connectivity index (χ0n) is 16.5. The molecule has 0 aromatic rings. The van der Waals surface area contributed by atoms with Gasteiger partial charge in [-0.2, -0.15) is 0 Å². The summed E-state index contributed by atoms with van der Waals surface area (Å²) in [7, 11) is 0. The highest BCUT2D eigenvalue weighted by Gasteiger charge is 2.76. The van der Waals surface area contributed by atoms with E-state index in [0.29, 0.717) is 13.0 Å². The molecule has 2 bridgehead atoms. The second kappa shape index (κ2) is 8.52. The Labute approximate surface area is 178 Å². The zero-order chi connectivity index (χ0) is 20.6. The average Bonchev–Trinajstić information content (AvgIpc) is 3.25. The number of aliphatic hydroxyl groups is 1. The van der Waals surface area contributed by atoms with E-state index < -0.39 is 28.7 Å². The van der Waals surface area contributed by atoms with Crippen LogP contribution in [0.1, 0.15) is 40.0 Å². The third-order valence-corrected chi connectivity index (χ3v) is 9.32. The molecular weight excluding hydrogens is 448 g/mol. The van der Waals surface area contributed by atoms with Gasteiger partial charge in [0.15, 0.2) is 0 Å². The fraction of sp³-hybridized carbons (Fsp3) is 0.842. The van der Waals surface area contributed by atoms with Crippen LogP contribution in [0.15, 0.2) is 0 Å². The third-order valence-electron chi connectivity index (χ3n) is 6.10. The Morgan fingerprint density at radius 3 is 2.79 bits per heavy atom. The Kier molecular flexibility index (Phi) is 6.66. The largest absolute Gasteiger partial charge is 0.466 e. The number of alkyl halides is 1. The summed E-state index contributed by atoms with van der Waals surface area (Å²) in [6.07, 6.45) is 2.45. The predicted octanol–water partition coefficient (Wildman–Crippen LogP) is 1.31. The van der Waals surface area contributed by atoms with Gasteiger partial charge >= 0.3 is 5.97 Å². The van der Waals surface area contributed by atoms with E-state index in [-0.39, 0.29) is 41.1 Å². The summed E-state index contributed by atoms with van der Waals surface area (Å²) in [5, 5.41) is 12.6. The lowest BCUT2D eigenvalue weighted by atomic mass is 9.71. The van der Waals surface area contributed by atoms with Crippen LogP contribution >= 0.6 is 27.7 Å². The van der Waals surface area contributed by atoms with E-state index in [1.165, 1.54) is 4.90 Å². The van der Waals surface area contributed by atoms with Crippen molar-refractivity contribution in [2.24, 2.45) is 11.8 Å². The summed E-state index contributed by atoms with van der Waals surface area (Å²) in [5.41, 5.74) is 0. The number of hydrogen-bond donors (Lipinski definition) is 2. The topological polar surface area (TPSA) is 95.9 Å². The van der Waals surface area contributed by atoms with Crippen LogP contribution < -0.4 is 5.32 Å². The molecule has 7 nitrogen and oxygen atoms in total. The van der Waals surface area contributed by atoms with Crippen molar-refractivity contribution >= 4 is 45.5 Å².